The lowest BCUT2D eigenvalue weighted by molar-refractivity contribution is -0.0437. The lowest BCUT2D eigenvalue weighted by Gasteiger charge is -2.15. The van der Waals surface area contributed by atoms with E-state index in [4.69, 9.17) is 5.11 Å². The highest BCUT2D eigenvalue weighted by Crippen LogP contribution is 2.20. The summed E-state index contributed by atoms with van der Waals surface area (Å²) in [5, 5.41) is 8.40. The van der Waals surface area contributed by atoms with Crippen LogP contribution in [0.15, 0.2) is 29.2 Å². The molecule has 0 radical (unpaired) electrons. The van der Waals surface area contributed by atoms with E-state index >= 15 is 0 Å². The molecule has 0 aromatic heterocycles. The van der Waals surface area contributed by atoms with Crippen molar-refractivity contribution in [3.8, 4) is 0 Å². The van der Waals surface area contributed by atoms with Crippen molar-refractivity contribution in [3.05, 3.63) is 29.8 Å². The third-order valence-electron chi connectivity index (χ3n) is 3.12. The van der Waals surface area contributed by atoms with Crippen molar-refractivity contribution in [2.75, 3.05) is 13.2 Å². The zero-order chi connectivity index (χ0) is 15.4. The molecule has 1 unspecified atom stereocenters. The minimum atomic E-state index is -3.99. The fourth-order valence-electron chi connectivity index (χ4n) is 1.55. The van der Waals surface area contributed by atoms with Crippen LogP contribution < -0.4 is 4.72 Å². The van der Waals surface area contributed by atoms with Crippen LogP contribution in [-0.4, -0.2) is 32.6 Å². The van der Waals surface area contributed by atoms with Crippen molar-refractivity contribution >= 4 is 10.0 Å². The van der Waals surface area contributed by atoms with Gasteiger partial charge in [-0.2, -0.15) is 0 Å². The average molecular weight is 307 g/mol. The Morgan fingerprint density at radius 2 is 1.85 bits per heavy atom. The molecule has 1 aromatic carbocycles. The van der Waals surface area contributed by atoms with Crippen LogP contribution in [0.2, 0.25) is 0 Å². The second kappa shape index (κ2) is 6.60. The van der Waals surface area contributed by atoms with Crippen LogP contribution in [0, 0.1) is 0 Å². The quantitative estimate of drug-likeness (QED) is 0.811. The number of benzene rings is 1. The number of aliphatic hydroxyl groups excluding tert-OH is 1. The highest BCUT2D eigenvalue weighted by molar-refractivity contribution is 7.89. The maximum atomic E-state index is 12.8. The number of rotatable bonds is 7. The highest BCUT2D eigenvalue weighted by atomic mass is 32.2. The molecule has 7 heteroatoms. The number of hydrogen-bond donors (Lipinski definition) is 2. The van der Waals surface area contributed by atoms with Gasteiger partial charge in [-0.15, -0.1) is 0 Å². The zero-order valence-electron chi connectivity index (χ0n) is 11.4. The van der Waals surface area contributed by atoms with Gasteiger partial charge in [-0.25, -0.2) is 21.9 Å². The Kier molecular flexibility index (Phi) is 5.61. The average Bonchev–Trinajstić information content (AvgIpc) is 2.45. The Bertz CT molecular complexity index is 529. The minimum Gasteiger partial charge on any atom is -0.390 e. The molecular weight excluding hydrogens is 288 g/mol. The van der Waals surface area contributed by atoms with E-state index in [2.05, 4.69) is 0 Å². The van der Waals surface area contributed by atoms with Gasteiger partial charge in [-0.05, 0) is 30.0 Å². The van der Waals surface area contributed by atoms with Crippen LogP contribution in [0.4, 0.5) is 8.78 Å². The fraction of sp³-hybridized carbons (Fsp3) is 0.538. The van der Waals surface area contributed by atoms with Gasteiger partial charge < -0.3 is 5.11 Å². The predicted molar refractivity (Wildman–Crippen MR) is 72.4 cm³/mol. The summed E-state index contributed by atoms with van der Waals surface area (Å²) in [7, 11) is -3.99. The first-order chi connectivity index (χ1) is 9.22. The molecule has 0 spiro atoms. The van der Waals surface area contributed by atoms with Crippen LogP contribution in [0.25, 0.3) is 0 Å². The predicted octanol–water partition coefficient (Wildman–Crippen LogP) is 2.11. The summed E-state index contributed by atoms with van der Waals surface area (Å²) < 4.78 is 51.1. The van der Waals surface area contributed by atoms with E-state index in [1.165, 1.54) is 12.1 Å². The lowest BCUT2D eigenvalue weighted by atomic mass is 9.99. The molecule has 0 aliphatic heterocycles. The summed E-state index contributed by atoms with van der Waals surface area (Å²) in [6, 6.07) is 6.13. The van der Waals surface area contributed by atoms with E-state index < -0.39 is 29.1 Å². The van der Waals surface area contributed by atoms with Gasteiger partial charge in [0.15, 0.2) is 0 Å². The molecule has 0 saturated carbocycles. The molecule has 0 bridgehead atoms. The normalized spacial score (nSPS) is 14.2. The van der Waals surface area contributed by atoms with E-state index in [0.29, 0.717) is 5.92 Å². The third kappa shape index (κ3) is 4.50. The van der Waals surface area contributed by atoms with Crippen LogP contribution >= 0.6 is 0 Å². The Labute approximate surface area is 117 Å². The second-order valence-electron chi connectivity index (χ2n) is 4.72. The summed E-state index contributed by atoms with van der Waals surface area (Å²) in [6.07, 6.45) is 0.924. The third-order valence-corrected chi connectivity index (χ3v) is 4.54. The van der Waals surface area contributed by atoms with Crippen LogP contribution in [0.5, 0.6) is 0 Å². The minimum absolute atomic E-state index is 0.0710. The molecule has 20 heavy (non-hydrogen) atoms. The number of nitrogens with one attached hydrogen (secondary N) is 1. The topological polar surface area (TPSA) is 66.4 Å². The molecule has 114 valence electrons. The van der Waals surface area contributed by atoms with Crippen LogP contribution in [0.1, 0.15) is 31.7 Å². The standard InChI is InChI=1S/C13H19F2NO3S/c1-3-10(2)11-4-6-12(7-5-11)20(18,19)16-8-13(14,15)9-17/h4-7,10,16-17H,3,8-9H2,1-2H3. The largest absolute Gasteiger partial charge is 0.390 e. The van der Waals surface area contributed by atoms with Gasteiger partial charge in [-0.3, -0.25) is 0 Å². The van der Waals surface area contributed by atoms with Gasteiger partial charge in [-0.1, -0.05) is 26.0 Å². The monoisotopic (exact) mass is 307 g/mol. The van der Waals surface area contributed by atoms with E-state index in [1.54, 1.807) is 16.9 Å². The molecule has 0 heterocycles. The van der Waals surface area contributed by atoms with Gasteiger partial charge in [0.25, 0.3) is 5.92 Å². The van der Waals surface area contributed by atoms with Crippen LogP contribution in [0.3, 0.4) is 0 Å². The smallest absolute Gasteiger partial charge is 0.283 e. The number of halogens is 2. The first kappa shape index (κ1) is 17.0. The summed E-state index contributed by atoms with van der Waals surface area (Å²) >= 11 is 0. The second-order valence-corrected chi connectivity index (χ2v) is 6.48. The molecule has 0 fully saturated rings. The van der Waals surface area contributed by atoms with Crippen molar-refractivity contribution in [1.82, 2.24) is 4.72 Å². The van der Waals surface area contributed by atoms with E-state index in [1.807, 2.05) is 13.8 Å². The summed E-state index contributed by atoms with van der Waals surface area (Å²) in [5.74, 6) is -3.16. The molecule has 0 amide bonds. The van der Waals surface area contributed by atoms with Gasteiger partial charge in [0.1, 0.15) is 6.61 Å². The summed E-state index contributed by atoms with van der Waals surface area (Å²) in [6.45, 7) is 1.51. The Morgan fingerprint density at radius 3 is 2.30 bits per heavy atom. The lowest BCUT2D eigenvalue weighted by Crippen LogP contribution is -2.38. The molecule has 4 nitrogen and oxygen atoms in total. The first-order valence-electron chi connectivity index (χ1n) is 6.30. The molecule has 1 rings (SSSR count). The van der Waals surface area contributed by atoms with Crippen molar-refractivity contribution in [1.29, 1.82) is 0 Å². The van der Waals surface area contributed by atoms with Crippen molar-refractivity contribution in [2.45, 2.75) is 37.0 Å². The van der Waals surface area contributed by atoms with E-state index in [0.717, 1.165) is 12.0 Å². The fourth-order valence-corrected chi connectivity index (χ4v) is 2.61. The van der Waals surface area contributed by atoms with Gasteiger partial charge >= 0.3 is 0 Å². The van der Waals surface area contributed by atoms with Crippen molar-refractivity contribution in [2.24, 2.45) is 0 Å². The highest BCUT2D eigenvalue weighted by Gasteiger charge is 2.30. The van der Waals surface area contributed by atoms with Gasteiger partial charge in [0.2, 0.25) is 10.0 Å². The zero-order valence-corrected chi connectivity index (χ0v) is 12.3. The Morgan fingerprint density at radius 1 is 1.30 bits per heavy atom. The molecule has 0 saturated heterocycles. The summed E-state index contributed by atoms with van der Waals surface area (Å²) in [4.78, 5) is -0.0710. The molecule has 1 atom stereocenters. The maximum Gasteiger partial charge on any atom is 0.283 e. The van der Waals surface area contributed by atoms with Crippen molar-refractivity contribution in [3.63, 3.8) is 0 Å². The SMILES string of the molecule is CCC(C)c1ccc(S(=O)(=O)NCC(F)(F)CO)cc1. The number of sulfonamides is 1. The number of alkyl halides is 2. The maximum absolute atomic E-state index is 12.8. The van der Waals surface area contributed by atoms with E-state index in [-0.39, 0.29) is 4.90 Å². The van der Waals surface area contributed by atoms with Gasteiger partial charge in [0.05, 0.1) is 11.4 Å². The Hall–Kier alpha value is -1.05. The molecule has 1 aromatic rings. The molecule has 2 N–H and O–H groups in total. The van der Waals surface area contributed by atoms with Crippen LogP contribution in [-0.2, 0) is 10.0 Å². The Balaban J connectivity index is 2.83. The van der Waals surface area contributed by atoms with Gasteiger partial charge in [0, 0.05) is 0 Å². The number of hydrogen-bond acceptors (Lipinski definition) is 3. The molecular formula is C13H19F2NO3S. The molecule has 0 aliphatic rings. The van der Waals surface area contributed by atoms with E-state index in [9.17, 15) is 17.2 Å². The van der Waals surface area contributed by atoms with Crippen molar-refractivity contribution < 1.29 is 22.3 Å². The first-order valence-corrected chi connectivity index (χ1v) is 7.78. The molecule has 0 aliphatic carbocycles. The number of aliphatic hydroxyl groups is 1. The summed E-state index contributed by atoms with van der Waals surface area (Å²) in [5.41, 5.74) is 0.993.